The van der Waals surface area contributed by atoms with E-state index in [0.29, 0.717) is 18.8 Å². The standard InChI is InChI=1S/C15H18N2O3/c18-9-3-1-5-12-7-8-16-14(11-12)17-15(19)13-6-2-4-10-20-13/h7-8,11,13,18H,2-4,6,9-10H2,(H,16,17,19). The van der Waals surface area contributed by atoms with Crippen LogP contribution in [-0.2, 0) is 9.53 Å². The molecule has 1 unspecified atom stereocenters. The van der Waals surface area contributed by atoms with Crippen LogP contribution in [0.3, 0.4) is 0 Å². The molecule has 0 aromatic carbocycles. The van der Waals surface area contributed by atoms with Crippen molar-refractivity contribution in [2.45, 2.75) is 31.8 Å². The first-order valence-electron chi connectivity index (χ1n) is 6.78. The van der Waals surface area contributed by atoms with E-state index in [2.05, 4.69) is 22.1 Å². The predicted octanol–water partition coefficient (Wildman–Crippen LogP) is 1.32. The lowest BCUT2D eigenvalue weighted by molar-refractivity contribution is -0.130. The summed E-state index contributed by atoms with van der Waals surface area (Å²) >= 11 is 0. The zero-order chi connectivity index (χ0) is 14.2. The smallest absolute Gasteiger partial charge is 0.254 e. The summed E-state index contributed by atoms with van der Waals surface area (Å²) in [5.41, 5.74) is 0.758. The first-order valence-corrected chi connectivity index (χ1v) is 6.78. The molecule has 1 atom stereocenters. The van der Waals surface area contributed by atoms with Crippen molar-refractivity contribution in [3.63, 3.8) is 0 Å². The molecule has 0 saturated carbocycles. The van der Waals surface area contributed by atoms with E-state index in [1.165, 1.54) is 0 Å². The van der Waals surface area contributed by atoms with Crippen molar-refractivity contribution in [2.24, 2.45) is 0 Å². The topological polar surface area (TPSA) is 71.5 Å². The highest BCUT2D eigenvalue weighted by molar-refractivity contribution is 5.93. The number of hydrogen-bond donors (Lipinski definition) is 2. The minimum atomic E-state index is -0.380. The van der Waals surface area contributed by atoms with Crippen LogP contribution in [0.25, 0.3) is 0 Å². The molecular weight excluding hydrogens is 256 g/mol. The number of nitrogens with zero attached hydrogens (tertiary/aromatic N) is 1. The van der Waals surface area contributed by atoms with Gasteiger partial charge < -0.3 is 15.2 Å². The molecule has 1 aromatic rings. The molecule has 0 bridgehead atoms. The van der Waals surface area contributed by atoms with Crippen molar-refractivity contribution in [3.8, 4) is 11.8 Å². The van der Waals surface area contributed by atoms with Crippen molar-refractivity contribution >= 4 is 11.7 Å². The quantitative estimate of drug-likeness (QED) is 0.816. The molecule has 1 saturated heterocycles. The zero-order valence-electron chi connectivity index (χ0n) is 11.3. The monoisotopic (exact) mass is 274 g/mol. The highest BCUT2D eigenvalue weighted by Crippen LogP contribution is 2.15. The number of aromatic nitrogens is 1. The third-order valence-corrected chi connectivity index (χ3v) is 2.95. The molecule has 2 rings (SSSR count). The van der Waals surface area contributed by atoms with Gasteiger partial charge in [-0.2, -0.15) is 0 Å². The van der Waals surface area contributed by atoms with Crippen LogP contribution in [0.1, 0.15) is 31.2 Å². The number of ether oxygens (including phenoxy) is 1. The number of rotatable bonds is 3. The lowest BCUT2D eigenvalue weighted by atomic mass is 10.1. The van der Waals surface area contributed by atoms with E-state index in [0.717, 1.165) is 24.8 Å². The summed E-state index contributed by atoms with van der Waals surface area (Å²) < 4.78 is 5.43. The average molecular weight is 274 g/mol. The Morgan fingerprint density at radius 1 is 1.55 bits per heavy atom. The number of carbonyl (C=O) groups excluding carboxylic acids is 1. The maximum absolute atomic E-state index is 12.0. The van der Waals surface area contributed by atoms with Gasteiger partial charge in [-0.05, 0) is 31.4 Å². The summed E-state index contributed by atoms with van der Waals surface area (Å²) in [6.07, 6.45) is 4.42. The molecule has 1 aromatic heterocycles. The van der Waals surface area contributed by atoms with Crippen LogP contribution in [0.2, 0.25) is 0 Å². The Kier molecular flexibility index (Phi) is 5.54. The highest BCUT2D eigenvalue weighted by atomic mass is 16.5. The largest absolute Gasteiger partial charge is 0.395 e. The van der Waals surface area contributed by atoms with E-state index in [4.69, 9.17) is 9.84 Å². The van der Waals surface area contributed by atoms with Gasteiger partial charge in [-0.1, -0.05) is 11.8 Å². The maximum atomic E-state index is 12.0. The fraction of sp³-hybridized carbons (Fsp3) is 0.467. The molecule has 5 nitrogen and oxygen atoms in total. The summed E-state index contributed by atoms with van der Waals surface area (Å²) in [4.78, 5) is 16.1. The van der Waals surface area contributed by atoms with E-state index in [9.17, 15) is 4.79 Å². The van der Waals surface area contributed by atoms with E-state index < -0.39 is 0 Å². The molecule has 2 heterocycles. The van der Waals surface area contributed by atoms with Crippen molar-refractivity contribution in [1.29, 1.82) is 0 Å². The van der Waals surface area contributed by atoms with Crippen LogP contribution in [0, 0.1) is 11.8 Å². The van der Waals surface area contributed by atoms with Crippen molar-refractivity contribution in [1.82, 2.24) is 4.98 Å². The Morgan fingerprint density at radius 2 is 2.45 bits per heavy atom. The molecule has 0 aliphatic carbocycles. The van der Waals surface area contributed by atoms with Crippen LogP contribution in [0.5, 0.6) is 0 Å². The number of nitrogens with one attached hydrogen (secondary N) is 1. The molecule has 20 heavy (non-hydrogen) atoms. The lowest BCUT2D eigenvalue weighted by Crippen LogP contribution is -2.33. The normalized spacial score (nSPS) is 17.9. The second-order valence-corrected chi connectivity index (χ2v) is 4.55. The first kappa shape index (κ1) is 14.5. The summed E-state index contributed by atoms with van der Waals surface area (Å²) in [5.74, 6) is 6.05. The molecule has 2 N–H and O–H groups in total. The van der Waals surface area contributed by atoms with E-state index in [1.54, 1.807) is 18.3 Å². The minimum absolute atomic E-state index is 0.0424. The molecule has 1 aliphatic heterocycles. The van der Waals surface area contributed by atoms with Gasteiger partial charge in [-0.3, -0.25) is 4.79 Å². The Morgan fingerprint density at radius 3 is 3.20 bits per heavy atom. The van der Waals surface area contributed by atoms with Crippen LogP contribution >= 0.6 is 0 Å². The fourth-order valence-electron chi connectivity index (χ4n) is 1.95. The Bertz CT molecular complexity index is 513. The predicted molar refractivity (Wildman–Crippen MR) is 75.0 cm³/mol. The molecule has 106 valence electrons. The van der Waals surface area contributed by atoms with Gasteiger partial charge in [-0.25, -0.2) is 4.98 Å². The molecule has 1 amide bonds. The van der Waals surface area contributed by atoms with Crippen molar-refractivity contribution in [3.05, 3.63) is 23.9 Å². The summed E-state index contributed by atoms with van der Waals surface area (Å²) in [7, 11) is 0. The highest BCUT2D eigenvalue weighted by Gasteiger charge is 2.22. The van der Waals surface area contributed by atoms with Crippen LogP contribution in [0.15, 0.2) is 18.3 Å². The molecule has 1 aliphatic rings. The number of hydrogen-bond acceptors (Lipinski definition) is 4. The molecule has 5 heteroatoms. The van der Waals surface area contributed by atoms with Gasteiger partial charge in [-0.15, -0.1) is 0 Å². The lowest BCUT2D eigenvalue weighted by Gasteiger charge is -2.21. The number of aliphatic hydroxyl groups is 1. The van der Waals surface area contributed by atoms with Crippen LogP contribution in [-0.4, -0.2) is 35.3 Å². The van der Waals surface area contributed by atoms with Gasteiger partial charge in [0.25, 0.3) is 5.91 Å². The van der Waals surface area contributed by atoms with Crippen LogP contribution < -0.4 is 5.32 Å². The van der Waals surface area contributed by atoms with Gasteiger partial charge in [0.05, 0.1) is 6.61 Å². The molecule has 1 fully saturated rings. The SMILES string of the molecule is O=C(Nc1cc(C#CCCO)ccn1)C1CCCCO1. The molecule has 0 spiro atoms. The molecule has 0 radical (unpaired) electrons. The summed E-state index contributed by atoms with van der Waals surface area (Å²) in [5, 5.41) is 11.4. The number of amides is 1. The van der Waals surface area contributed by atoms with Gasteiger partial charge in [0.1, 0.15) is 11.9 Å². The van der Waals surface area contributed by atoms with E-state index >= 15 is 0 Å². The third-order valence-electron chi connectivity index (χ3n) is 2.95. The third kappa shape index (κ3) is 4.34. The number of aliphatic hydroxyl groups excluding tert-OH is 1. The van der Waals surface area contributed by atoms with Crippen molar-refractivity contribution in [2.75, 3.05) is 18.5 Å². The second-order valence-electron chi connectivity index (χ2n) is 4.55. The Labute approximate surface area is 118 Å². The number of anilines is 1. The van der Waals surface area contributed by atoms with Gasteiger partial charge in [0.15, 0.2) is 0 Å². The maximum Gasteiger partial charge on any atom is 0.254 e. The fourth-order valence-corrected chi connectivity index (χ4v) is 1.95. The van der Waals surface area contributed by atoms with Gasteiger partial charge in [0.2, 0.25) is 0 Å². The number of pyridine rings is 1. The summed E-state index contributed by atoms with van der Waals surface area (Å²) in [6, 6.07) is 3.47. The van der Waals surface area contributed by atoms with Crippen molar-refractivity contribution < 1.29 is 14.6 Å². The van der Waals surface area contributed by atoms with Crippen LogP contribution in [0.4, 0.5) is 5.82 Å². The van der Waals surface area contributed by atoms with E-state index in [1.807, 2.05) is 0 Å². The second kappa shape index (κ2) is 7.63. The number of carbonyl (C=O) groups is 1. The first-order chi connectivity index (χ1) is 9.79. The zero-order valence-corrected chi connectivity index (χ0v) is 11.3. The van der Waals surface area contributed by atoms with Gasteiger partial charge >= 0.3 is 0 Å². The minimum Gasteiger partial charge on any atom is -0.395 e. The summed E-state index contributed by atoms with van der Waals surface area (Å²) in [6.45, 7) is 0.679. The Balaban J connectivity index is 1.97. The van der Waals surface area contributed by atoms with E-state index in [-0.39, 0.29) is 18.6 Å². The van der Waals surface area contributed by atoms with Gasteiger partial charge in [0, 0.05) is 24.8 Å². The molecular formula is C15H18N2O3. The average Bonchev–Trinajstić information content (AvgIpc) is 2.49. The Hall–Kier alpha value is -1.90.